The van der Waals surface area contributed by atoms with Gasteiger partial charge in [-0.1, -0.05) is 136 Å². The van der Waals surface area contributed by atoms with Crippen molar-refractivity contribution in [3.05, 3.63) is 168 Å². The predicted octanol–water partition coefficient (Wildman–Crippen LogP) is 14.1. The van der Waals surface area contributed by atoms with Gasteiger partial charge in [-0.3, -0.25) is 0 Å². The predicted molar refractivity (Wildman–Crippen MR) is 243 cm³/mol. The van der Waals surface area contributed by atoms with Crippen LogP contribution in [0.4, 0.5) is 0 Å². The number of aromatic nitrogens is 4. The molecule has 59 heavy (non-hydrogen) atoms. The monoisotopic (exact) mass is 778 g/mol. The molecule has 0 radical (unpaired) electrons. The summed E-state index contributed by atoms with van der Waals surface area (Å²) in [5, 5.41) is 6.05. The Kier molecular flexibility index (Phi) is 6.64. The lowest BCUT2D eigenvalue weighted by Gasteiger charge is -2.44. The van der Waals surface area contributed by atoms with E-state index in [2.05, 4.69) is 154 Å². The van der Waals surface area contributed by atoms with Crippen LogP contribution in [0.15, 0.2) is 155 Å². The number of allylic oxidation sites excluding steroid dienone is 4. The lowest BCUT2D eigenvalue weighted by atomic mass is 9.60. The molecule has 0 N–H and O–H groups in total. The number of thiophene rings is 1. The fraction of sp³-hybridized carbons (Fsp3) is 0.151. The Morgan fingerprint density at radius 2 is 1.36 bits per heavy atom. The fourth-order valence-corrected chi connectivity index (χ4v) is 12.3. The van der Waals surface area contributed by atoms with Gasteiger partial charge in [-0.25, -0.2) is 15.0 Å². The molecule has 0 saturated carbocycles. The van der Waals surface area contributed by atoms with E-state index < -0.39 is 5.41 Å². The normalized spacial score (nSPS) is 20.6. The average Bonchev–Trinajstić information content (AvgIpc) is 3.96. The van der Waals surface area contributed by atoms with Crippen molar-refractivity contribution in [2.24, 2.45) is 5.92 Å². The number of hydrogen-bond donors (Lipinski definition) is 0. The second-order valence-electron chi connectivity index (χ2n) is 16.9. The Morgan fingerprint density at radius 1 is 0.627 bits per heavy atom. The van der Waals surface area contributed by atoms with E-state index in [1.165, 1.54) is 64.6 Å². The summed E-state index contributed by atoms with van der Waals surface area (Å²) in [7, 11) is 0. The topological polar surface area (TPSA) is 56.7 Å². The highest BCUT2D eigenvalue weighted by molar-refractivity contribution is 7.26. The fourth-order valence-electron chi connectivity index (χ4n) is 11.1. The van der Waals surface area contributed by atoms with Crippen LogP contribution >= 0.6 is 11.3 Å². The van der Waals surface area contributed by atoms with Crippen LogP contribution in [0.1, 0.15) is 56.6 Å². The third kappa shape index (κ3) is 4.36. The second kappa shape index (κ2) is 11.7. The number of benzene rings is 6. The Bertz CT molecular complexity index is 3530. The van der Waals surface area contributed by atoms with Crippen molar-refractivity contribution in [1.29, 1.82) is 0 Å². The lowest BCUT2D eigenvalue weighted by Crippen LogP contribution is -2.37. The van der Waals surface area contributed by atoms with Crippen LogP contribution in [0.5, 0.6) is 0 Å². The largest absolute Gasteiger partial charge is 0.453 e. The van der Waals surface area contributed by atoms with E-state index in [-0.39, 0.29) is 17.8 Å². The minimum absolute atomic E-state index is 0.0311. The quantitative estimate of drug-likeness (QED) is 0.164. The molecule has 4 unspecified atom stereocenters. The SMILES string of the molecule is CC1C=CC2(C)C3=C1C(C)c1c(n(c4ccc(-c5cccc6c5sc5ccccc56)cc14)-c1cccc4c1oc1c(cccc14)-c1nc(-c4ccccc4)nc2n1)C3C. The molecule has 4 aromatic heterocycles. The number of hydrogen-bond acceptors (Lipinski definition) is 5. The van der Waals surface area contributed by atoms with Crippen LogP contribution < -0.4 is 0 Å². The van der Waals surface area contributed by atoms with E-state index in [0.29, 0.717) is 11.6 Å². The molecule has 0 amide bonds. The third-order valence-corrected chi connectivity index (χ3v) is 14.9. The van der Waals surface area contributed by atoms with Gasteiger partial charge in [-0.2, -0.15) is 0 Å². The van der Waals surface area contributed by atoms with Gasteiger partial charge in [-0.15, -0.1) is 11.3 Å². The summed E-state index contributed by atoms with van der Waals surface area (Å²) in [5.74, 6) is 2.45. The molecule has 5 heterocycles. The van der Waals surface area contributed by atoms with Gasteiger partial charge >= 0.3 is 0 Å². The summed E-state index contributed by atoms with van der Waals surface area (Å²) in [6, 6.07) is 46.0. The second-order valence-corrected chi connectivity index (χ2v) is 18.0. The minimum atomic E-state index is -0.598. The van der Waals surface area contributed by atoms with E-state index >= 15 is 0 Å². The van der Waals surface area contributed by atoms with Crippen LogP contribution in [0, 0.1) is 5.92 Å². The van der Waals surface area contributed by atoms with Gasteiger partial charge in [-0.05, 0) is 65.4 Å². The van der Waals surface area contributed by atoms with Crippen LogP contribution in [-0.4, -0.2) is 19.5 Å². The maximum absolute atomic E-state index is 7.15. The first kappa shape index (κ1) is 33.4. The molecule has 6 bridgehead atoms. The minimum Gasteiger partial charge on any atom is -0.453 e. The molecule has 3 aliphatic rings. The highest BCUT2D eigenvalue weighted by Gasteiger charge is 2.47. The molecule has 6 heteroatoms. The number of fused-ring (bicyclic) bond motifs is 12. The van der Waals surface area contributed by atoms with E-state index in [1.54, 1.807) is 0 Å². The van der Waals surface area contributed by atoms with Crippen molar-refractivity contribution in [1.82, 2.24) is 19.5 Å². The molecule has 4 atom stereocenters. The first-order chi connectivity index (χ1) is 28.9. The molecule has 0 fully saturated rings. The zero-order chi connectivity index (χ0) is 39.3. The molecule has 1 aliphatic heterocycles. The molecule has 2 aliphatic carbocycles. The molecular weight excluding hydrogens is 741 g/mol. The van der Waals surface area contributed by atoms with Crippen LogP contribution in [0.25, 0.3) is 92.6 Å². The van der Waals surface area contributed by atoms with Gasteiger partial charge in [0.1, 0.15) is 11.4 Å². The number of nitrogens with zero attached hydrogens (tertiary/aromatic N) is 4. The molecule has 13 rings (SSSR count). The van der Waals surface area contributed by atoms with Crippen molar-refractivity contribution in [3.63, 3.8) is 0 Å². The summed E-state index contributed by atoms with van der Waals surface area (Å²) in [6.45, 7) is 9.53. The average molecular weight is 779 g/mol. The van der Waals surface area contributed by atoms with E-state index in [1.807, 2.05) is 29.5 Å². The zero-order valence-corrected chi connectivity index (χ0v) is 33.9. The lowest BCUT2D eigenvalue weighted by molar-refractivity contribution is 0.512. The molecule has 0 saturated heterocycles. The van der Waals surface area contributed by atoms with Crippen LogP contribution in [-0.2, 0) is 5.41 Å². The smallest absolute Gasteiger partial charge is 0.167 e. The van der Waals surface area contributed by atoms with Crippen molar-refractivity contribution in [2.45, 2.75) is 44.9 Å². The number of furan rings is 1. The number of rotatable bonds is 2. The maximum atomic E-state index is 7.15. The summed E-state index contributed by atoms with van der Waals surface area (Å²) in [6.07, 6.45) is 4.77. The Labute approximate surface area is 345 Å². The third-order valence-electron chi connectivity index (χ3n) is 13.7. The molecule has 0 spiro atoms. The maximum Gasteiger partial charge on any atom is 0.167 e. The standard InChI is InChI=1S/C53H38N4OS/c1-28-25-26-53(4)45-30(3)46-44(29(2)43(28)45)39-27-32(33-16-10-19-37-34-15-8-9-22-42(34)59-49(33)37)23-24-40(39)57(46)41-21-12-18-36-35-17-11-20-38(47(35)58-48(36)41)51-54-50(55-52(53)56-51)31-13-6-5-7-14-31/h5-30H,1-4H3. The Balaban J connectivity index is 1.17. The molecule has 5 nitrogen and oxygen atoms in total. The summed E-state index contributed by atoms with van der Waals surface area (Å²) in [5.41, 5.74) is 13.2. The van der Waals surface area contributed by atoms with Gasteiger partial charge in [0.15, 0.2) is 17.2 Å². The first-order valence-electron chi connectivity index (χ1n) is 20.7. The zero-order valence-electron chi connectivity index (χ0n) is 33.1. The van der Waals surface area contributed by atoms with Crippen LogP contribution in [0.2, 0.25) is 0 Å². The van der Waals surface area contributed by atoms with Gasteiger partial charge in [0.2, 0.25) is 0 Å². The van der Waals surface area contributed by atoms with Crippen molar-refractivity contribution < 1.29 is 4.42 Å². The van der Waals surface area contributed by atoms with Gasteiger partial charge in [0.25, 0.3) is 0 Å². The number of para-hydroxylation sites is 2. The van der Waals surface area contributed by atoms with Crippen molar-refractivity contribution in [2.75, 3.05) is 0 Å². The van der Waals surface area contributed by atoms with E-state index in [4.69, 9.17) is 19.4 Å². The Morgan fingerprint density at radius 3 is 2.22 bits per heavy atom. The van der Waals surface area contributed by atoms with Crippen molar-refractivity contribution in [3.8, 4) is 39.6 Å². The van der Waals surface area contributed by atoms with Gasteiger partial charge in [0.05, 0.1) is 22.2 Å². The highest BCUT2D eigenvalue weighted by Crippen LogP contribution is 2.58. The summed E-state index contributed by atoms with van der Waals surface area (Å²) >= 11 is 1.89. The van der Waals surface area contributed by atoms with Crippen molar-refractivity contribution >= 4 is 64.4 Å². The summed E-state index contributed by atoms with van der Waals surface area (Å²) < 4.78 is 12.3. The Hall–Kier alpha value is -6.63. The molecule has 282 valence electrons. The molecular formula is C53H38N4OS. The summed E-state index contributed by atoms with van der Waals surface area (Å²) in [4.78, 5) is 16.0. The molecule has 10 aromatic rings. The highest BCUT2D eigenvalue weighted by atomic mass is 32.1. The van der Waals surface area contributed by atoms with Gasteiger partial charge < -0.3 is 8.98 Å². The first-order valence-corrected chi connectivity index (χ1v) is 21.5. The van der Waals surface area contributed by atoms with Gasteiger partial charge in [0, 0.05) is 59.4 Å². The van der Waals surface area contributed by atoms with Crippen LogP contribution in [0.3, 0.4) is 0 Å². The molecule has 6 aromatic carbocycles. The van der Waals surface area contributed by atoms with E-state index in [9.17, 15) is 0 Å². The van der Waals surface area contributed by atoms with E-state index in [0.717, 1.165) is 44.6 Å².